The van der Waals surface area contributed by atoms with E-state index in [1.165, 1.54) is 0 Å². The van der Waals surface area contributed by atoms with Crippen LogP contribution in [0.3, 0.4) is 0 Å². The van der Waals surface area contributed by atoms with Gasteiger partial charge in [0.25, 0.3) is 5.91 Å². The summed E-state index contributed by atoms with van der Waals surface area (Å²) in [5.74, 6) is 0.577. The van der Waals surface area contributed by atoms with E-state index in [1.807, 2.05) is 4.90 Å². The van der Waals surface area contributed by atoms with E-state index in [9.17, 15) is 4.79 Å². The minimum Gasteiger partial charge on any atom is -0.338 e. The van der Waals surface area contributed by atoms with Gasteiger partial charge in [0, 0.05) is 19.1 Å². The number of hydrogen-bond donors (Lipinski definition) is 1. The predicted octanol–water partition coefficient (Wildman–Crippen LogP) is 2.82. The molecule has 3 rings (SSSR count). The van der Waals surface area contributed by atoms with E-state index in [4.69, 9.17) is 23.2 Å². The first-order valence-electron chi connectivity index (χ1n) is 6.63. The Morgan fingerprint density at radius 1 is 1.32 bits per heavy atom. The van der Waals surface area contributed by atoms with Crippen molar-refractivity contribution in [3.63, 3.8) is 0 Å². The number of hydrogen-bond acceptors (Lipinski definition) is 2. The summed E-state index contributed by atoms with van der Waals surface area (Å²) in [6.07, 6.45) is 2.17. The maximum atomic E-state index is 12.5. The summed E-state index contributed by atoms with van der Waals surface area (Å²) in [5, 5.41) is 4.29. The van der Waals surface area contributed by atoms with Crippen LogP contribution in [0.4, 0.5) is 0 Å². The molecule has 2 heterocycles. The maximum Gasteiger partial charge on any atom is 0.255 e. The Bertz CT molecular complexity index is 506. The SMILES string of the molecule is O=C(c1cccc(Cl)c1Cl)N1CCC2NCCC2C1. The number of benzene rings is 1. The minimum absolute atomic E-state index is 0.00199. The molecule has 2 unspecified atom stereocenters. The fourth-order valence-electron chi connectivity index (χ4n) is 3.07. The molecular formula is C14H16Cl2N2O. The van der Waals surface area contributed by atoms with Crippen LogP contribution in [0.1, 0.15) is 23.2 Å². The van der Waals surface area contributed by atoms with Crippen LogP contribution in [0.2, 0.25) is 10.0 Å². The van der Waals surface area contributed by atoms with Crippen molar-refractivity contribution >= 4 is 29.1 Å². The summed E-state index contributed by atoms with van der Waals surface area (Å²) in [6, 6.07) is 5.80. The Hall–Kier alpha value is -0.770. The van der Waals surface area contributed by atoms with Gasteiger partial charge < -0.3 is 10.2 Å². The van der Waals surface area contributed by atoms with E-state index in [-0.39, 0.29) is 5.91 Å². The van der Waals surface area contributed by atoms with Gasteiger partial charge in [-0.15, -0.1) is 0 Å². The molecule has 2 saturated heterocycles. The third-order valence-electron chi connectivity index (χ3n) is 4.12. The molecular weight excluding hydrogens is 283 g/mol. The van der Waals surface area contributed by atoms with Crippen LogP contribution >= 0.6 is 23.2 Å². The highest BCUT2D eigenvalue weighted by Crippen LogP contribution is 2.29. The fraction of sp³-hybridized carbons (Fsp3) is 0.500. The number of rotatable bonds is 1. The van der Waals surface area contributed by atoms with Gasteiger partial charge in [-0.25, -0.2) is 0 Å². The van der Waals surface area contributed by atoms with Crippen molar-refractivity contribution in [2.24, 2.45) is 5.92 Å². The van der Waals surface area contributed by atoms with E-state index in [1.54, 1.807) is 18.2 Å². The number of likely N-dealkylation sites (tertiary alicyclic amines) is 1. The van der Waals surface area contributed by atoms with E-state index in [0.29, 0.717) is 27.6 Å². The van der Waals surface area contributed by atoms with Crippen LogP contribution in [0.5, 0.6) is 0 Å². The van der Waals surface area contributed by atoms with Gasteiger partial charge in [0.15, 0.2) is 0 Å². The maximum absolute atomic E-state index is 12.5. The number of fused-ring (bicyclic) bond motifs is 1. The molecule has 1 N–H and O–H groups in total. The average molecular weight is 299 g/mol. The van der Waals surface area contributed by atoms with Gasteiger partial charge in [0.2, 0.25) is 0 Å². The summed E-state index contributed by atoms with van der Waals surface area (Å²) in [7, 11) is 0. The lowest BCUT2D eigenvalue weighted by molar-refractivity contribution is 0.0662. The standard InChI is InChI=1S/C14H16Cl2N2O/c15-11-3-1-2-10(13(11)16)14(19)18-7-5-12-9(8-18)4-6-17-12/h1-3,9,12,17H,4-8H2. The van der Waals surface area contributed by atoms with Crippen LogP contribution < -0.4 is 5.32 Å². The Balaban J connectivity index is 1.79. The second-order valence-electron chi connectivity index (χ2n) is 5.25. The number of carbonyl (C=O) groups is 1. The monoisotopic (exact) mass is 298 g/mol. The van der Waals surface area contributed by atoms with Gasteiger partial charge >= 0.3 is 0 Å². The molecule has 0 aromatic heterocycles. The van der Waals surface area contributed by atoms with Crippen LogP contribution in [0.15, 0.2) is 18.2 Å². The molecule has 1 amide bonds. The van der Waals surface area contributed by atoms with Gasteiger partial charge in [-0.1, -0.05) is 29.3 Å². The summed E-state index contributed by atoms with van der Waals surface area (Å²) in [6.45, 7) is 2.67. The highest BCUT2D eigenvalue weighted by molar-refractivity contribution is 6.43. The van der Waals surface area contributed by atoms with Gasteiger partial charge in [-0.2, -0.15) is 0 Å². The minimum atomic E-state index is -0.00199. The Morgan fingerprint density at radius 2 is 2.16 bits per heavy atom. The second-order valence-corrected chi connectivity index (χ2v) is 6.04. The number of amides is 1. The molecule has 102 valence electrons. The molecule has 19 heavy (non-hydrogen) atoms. The lowest BCUT2D eigenvalue weighted by Crippen LogP contribution is -2.46. The predicted molar refractivity (Wildman–Crippen MR) is 76.9 cm³/mol. The summed E-state index contributed by atoms with van der Waals surface area (Å²) < 4.78 is 0. The smallest absolute Gasteiger partial charge is 0.255 e. The lowest BCUT2D eigenvalue weighted by atomic mass is 9.93. The summed E-state index contributed by atoms with van der Waals surface area (Å²) in [5.41, 5.74) is 0.513. The fourth-order valence-corrected chi connectivity index (χ4v) is 3.45. The number of piperidine rings is 1. The van der Waals surface area contributed by atoms with Crippen molar-refractivity contribution in [3.8, 4) is 0 Å². The van der Waals surface area contributed by atoms with Crippen molar-refractivity contribution in [2.75, 3.05) is 19.6 Å². The van der Waals surface area contributed by atoms with Crippen molar-refractivity contribution in [1.82, 2.24) is 10.2 Å². The highest BCUT2D eigenvalue weighted by atomic mass is 35.5. The molecule has 2 aliphatic heterocycles. The summed E-state index contributed by atoms with van der Waals surface area (Å²) >= 11 is 12.1. The van der Waals surface area contributed by atoms with Crippen LogP contribution in [0, 0.1) is 5.92 Å². The van der Waals surface area contributed by atoms with Gasteiger partial charge in [-0.05, 0) is 37.4 Å². The van der Waals surface area contributed by atoms with Crippen molar-refractivity contribution in [1.29, 1.82) is 0 Å². The molecule has 2 atom stereocenters. The first-order valence-corrected chi connectivity index (χ1v) is 7.39. The largest absolute Gasteiger partial charge is 0.338 e. The second kappa shape index (κ2) is 5.31. The topological polar surface area (TPSA) is 32.3 Å². The molecule has 0 saturated carbocycles. The lowest BCUT2D eigenvalue weighted by Gasteiger charge is -2.35. The van der Waals surface area contributed by atoms with Gasteiger partial charge in [0.1, 0.15) is 0 Å². The Labute approximate surface area is 122 Å². The quantitative estimate of drug-likeness (QED) is 0.865. The van der Waals surface area contributed by atoms with Gasteiger partial charge in [0.05, 0.1) is 15.6 Å². The Kier molecular flexibility index (Phi) is 3.70. The van der Waals surface area contributed by atoms with Crippen molar-refractivity contribution in [3.05, 3.63) is 33.8 Å². The van der Waals surface area contributed by atoms with E-state index in [2.05, 4.69) is 5.32 Å². The number of halogens is 2. The molecule has 0 radical (unpaired) electrons. The molecule has 0 bridgehead atoms. The first kappa shape index (κ1) is 13.2. The van der Waals surface area contributed by atoms with Crippen molar-refractivity contribution in [2.45, 2.75) is 18.9 Å². The molecule has 3 nitrogen and oxygen atoms in total. The molecule has 0 aliphatic carbocycles. The third-order valence-corrected chi connectivity index (χ3v) is 4.94. The number of nitrogens with zero attached hydrogens (tertiary/aromatic N) is 1. The van der Waals surface area contributed by atoms with E-state index >= 15 is 0 Å². The molecule has 5 heteroatoms. The molecule has 1 aromatic rings. The number of carbonyl (C=O) groups excluding carboxylic acids is 1. The molecule has 1 aromatic carbocycles. The zero-order chi connectivity index (χ0) is 13.4. The number of nitrogens with one attached hydrogen (secondary N) is 1. The van der Waals surface area contributed by atoms with E-state index < -0.39 is 0 Å². The van der Waals surface area contributed by atoms with E-state index in [0.717, 1.165) is 32.5 Å². The zero-order valence-electron chi connectivity index (χ0n) is 10.5. The molecule has 2 aliphatic rings. The summed E-state index contributed by atoms with van der Waals surface area (Å²) in [4.78, 5) is 14.4. The third kappa shape index (κ3) is 2.47. The molecule has 0 spiro atoms. The normalized spacial score (nSPS) is 26.3. The van der Waals surface area contributed by atoms with Crippen LogP contribution in [-0.2, 0) is 0 Å². The zero-order valence-corrected chi connectivity index (χ0v) is 12.0. The van der Waals surface area contributed by atoms with Gasteiger partial charge in [-0.3, -0.25) is 4.79 Å². The molecule has 2 fully saturated rings. The van der Waals surface area contributed by atoms with Crippen LogP contribution in [-0.4, -0.2) is 36.5 Å². The van der Waals surface area contributed by atoms with Crippen LogP contribution in [0.25, 0.3) is 0 Å². The highest BCUT2D eigenvalue weighted by Gasteiger charge is 2.34. The first-order chi connectivity index (χ1) is 9.16. The Morgan fingerprint density at radius 3 is 3.00 bits per heavy atom. The van der Waals surface area contributed by atoms with Crippen molar-refractivity contribution < 1.29 is 4.79 Å². The average Bonchev–Trinajstić information content (AvgIpc) is 2.88.